The van der Waals surface area contributed by atoms with Crippen LogP contribution in [0.1, 0.15) is 30.5 Å². The van der Waals surface area contributed by atoms with E-state index in [0.29, 0.717) is 6.61 Å². The molecule has 0 aliphatic carbocycles. The van der Waals surface area contributed by atoms with Gasteiger partial charge in [-0.1, -0.05) is 6.07 Å². The van der Waals surface area contributed by atoms with Gasteiger partial charge in [0, 0.05) is 6.04 Å². The van der Waals surface area contributed by atoms with Crippen LogP contribution in [-0.2, 0) is 9.53 Å². The molecule has 0 bridgehead atoms. The summed E-state index contributed by atoms with van der Waals surface area (Å²) >= 11 is 0. The van der Waals surface area contributed by atoms with Crippen LogP contribution in [0.25, 0.3) is 0 Å². The fraction of sp³-hybridized carbons (Fsp3) is 0.462. The third kappa shape index (κ3) is 3.82. The molecule has 0 saturated carbocycles. The highest BCUT2D eigenvalue weighted by Gasteiger charge is 2.16. The number of hydrogen-bond donors (Lipinski definition) is 1. The van der Waals surface area contributed by atoms with Crippen LogP contribution in [-0.4, -0.2) is 19.6 Å². The van der Waals surface area contributed by atoms with Gasteiger partial charge in [0.05, 0.1) is 13.0 Å². The third-order valence-corrected chi connectivity index (χ3v) is 2.63. The molecule has 3 nitrogen and oxygen atoms in total. The summed E-state index contributed by atoms with van der Waals surface area (Å²) in [6, 6.07) is 4.42. The van der Waals surface area contributed by atoms with Crippen molar-refractivity contribution in [1.29, 1.82) is 0 Å². The van der Waals surface area contributed by atoms with Gasteiger partial charge in [-0.2, -0.15) is 0 Å². The molecule has 0 aliphatic heterocycles. The van der Waals surface area contributed by atoms with Crippen molar-refractivity contribution in [3.05, 3.63) is 35.1 Å². The Balaban J connectivity index is 2.82. The van der Waals surface area contributed by atoms with Gasteiger partial charge in [-0.25, -0.2) is 4.39 Å². The van der Waals surface area contributed by atoms with E-state index in [1.807, 2.05) is 6.92 Å². The van der Waals surface area contributed by atoms with E-state index >= 15 is 0 Å². The van der Waals surface area contributed by atoms with Crippen molar-refractivity contribution >= 4 is 5.97 Å². The normalized spacial score (nSPS) is 12.2. The fourth-order valence-corrected chi connectivity index (χ4v) is 1.78. The Morgan fingerprint density at radius 1 is 1.53 bits per heavy atom. The first-order valence-electron chi connectivity index (χ1n) is 5.67. The molecule has 0 aliphatic rings. The van der Waals surface area contributed by atoms with Crippen molar-refractivity contribution in [1.82, 2.24) is 5.32 Å². The summed E-state index contributed by atoms with van der Waals surface area (Å²) in [5, 5.41) is 3.04. The molecular weight excluding hydrogens is 221 g/mol. The third-order valence-electron chi connectivity index (χ3n) is 2.63. The van der Waals surface area contributed by atoms with Gasteiger partial charge in [0.2, 0.25) is 0 Å². The predicted molar refractivity (Wildman–Crippen MR) is 64.2 cm³/mol. The van der Waals surface area contributed by atoms with Gasteiger partial charge in [-0.05, 0) is 44.2 Å². The molecule has 0 spiro atoms. The lowest BCUT2D eigenvalue weighted by Gasteiger charge is -2.18. The number of carbonyl (C=O) groups is 1. The number of aryl methyl sites for hydroxylation is 1. The minimum absolute atomic E-state index is 0.144. The Morgan fingerprint density at radius 2 is 2.24 bits per heavy atom. The van der Waals surface area contributed by atoms with Gasteiger partial charge in [-0.3, -0.25) is 4.79 Å². The summed E-state index contributed by atoms with van der Waals surface area (Å²) in [7, 11) is 1.77. The zero-order valence-corrected chi connectivity index (χ0v) is 10.4. The zero-order chi connectivity index (χ0) is 12.8. The van der Waals surface area contributed by atoms with Crippen LogP contribution >= 0.6 is 0 Å². The lowest BCUT2D eigenvalue weighted by Crippen LogP contribution is -2.22. The highest BCUT2D eigenvalue weighted by Crippen LogP contribution is 2.21. The van der Waals surface area contributed by atoms with Gasteiger partial charge in [0.25, 0.3) is 0 Å². The lowest BCUT2D eigenvalue weighted by molar-refractivity contribution is -0.143. The SMILES string of the molecule is CCOC(=O)CC(NC)c1ccc(F)cc1C. The molecule has 94 valence electrons. The second kappa shape index (κ2) is 6.35. The molecular formula is C13H18FNO2. The average molecular weight is 239 g/mol. The van der Waals surface area contributed by atoms with Crippen LogP contribution in [0.15, 0.2) is 18.2 Å². The Morgan fingerprint density at radius 3 is 2.76 bits per heavy atom. The van der Waals surface area contributed by atoms with Gasteiger partial charge in [-0.15, -0.1) is 0 Å². The van der Waals surface area contributed by atoms with Crippen molar-refractivity contribution in [2.24, 2.45) is 0 Å². The molecule has 1 N–H and O–H groups in total. The van der Waals surface area contributed by atoms with Gasteiger partial charge < -0.3 is 10.1 Å². The Bertz CT molecular complexity index is 393. The predicted octanol–water partition coefficient (Wildman–Crippen LogP) is 2.35. The molecule has 0 saturated heterocycles. The first-order chi connectivity index (χ1) is 8.08. The zero-order valence-electron chi connectivity index (χ0n) is 10.4. The molecule has 0 heterocycles. The monoisotopic (exact) mass is 239 g/mol. The van der Waals surface area contributed by atoms with E-state index in [1.54, 1.807) is 20.0 Å². The van der Waals surface area contributed by atoms with E-state index in [9.17, 15) is 9.18 Å². The van der Waals surface area contributed by atoms with Crippen molar-refractivity contribution in [3.63, 3.8) is 0 Å². The number of esters is 1. The molecule has 1 unspecified atom stereocenters. The second-order valence-electron chi connectivity index (χ2n) is 3.85. The quantitative estimate of drug-likeness (QED) is 0.801. The van der Waals surface area contributed by atoms with Crippen LogP contribution in [0.4, 0.5) is 4.39 Å². The highest BCUT2D eigenvalue weighted by atomic mass is 19.1. The number of nitrogens with one attached hydrogen (secondary N) is 1. The number of benzene rings is 1. The first kappa shape index (κ1) is 13.6. The number of hydrogen-bond acceptors (Lipinski definition) is 3. The summed E-state index contributed by atoms with van der Waals surface area (Å²) in [6.45, 7) is 3.97. The summed E-state index contributed by atoms with van der Waals surface area (Å²) in [5.41, 5.74) is 1.75. The molecule has 1 rings (SSSR count). The van der Waals surface area contributed by atoms with Gasteiger partial charge >= 0.3 is 5.97 Å². The minimum atomic E-state index is -0.266. The molecule has 1 atom stereocenters. The van der Waals surface area contributed by atoms with E-state index in [1.165, 1.54) is 12.1 Å². The molecule has 0 radical (unpaired) electrons. The maximum atomic E-state index is 13.0. The standard InChI is InChI=1S/C13H18FNO2/c1-4-17-13(16)8-12(15-3)11-6-5-10(14)7-9(11)2/h5-7,12,15H,4,8H2,1-3H3. The second-order valence-corrected chi connectivity index (χ2v) is 3.85. The van der Waals surface area contributed by atoms with Crippen LogP contribution < -0.4 is 5.32 Å². The van der Waals surface area contributed by atoms with E-state index < -0.39 is 0 Å². The van der Waals surface area contributed by atoms with Crippen molar-refractivity contribution in [3.8, 4) is 0 Å². The smallest absolute Gasteiger partial charge is 0.307 e. The highest BCUT2D eigenvalue weighted by molar-refractivity contribution is 5.70. The Kier molecular flexibility index (Phi) is 5.10. The maximum Gasteiger partial charge on any atom is 0.307 e. The van der Waals surface area contributed by atoms with E-state index in [4.69, 9.17) is 4.74 Å². The topological polar surface area (TPSA) is 38.3 Å². The van der Waals surface area contributed by atoms with Gasteiger partial charge in [0.1, 0.15) is 5.82 Å². The summed E-state index contributed by atoms with van der Waals surface area (Å²) < 4.78 is 17.9. The van der Waals surface area contributed by atoms with E-state index in [-0.39, 0.29) is 24.2 Å². The first-order valence-corrected chi connectivity index (χ1v) is 5.67. The lowest BCUT2D eigenvalue weighted by atomic mass is 9.99. The van der Waals surface area contributed by atoms with Crippen LogP contribution in [0.5, 0.6) is 0 Å². The summed E-state index contributed by atoms with van der Waals surface area (Å²) in [5.74, 6) is -0.521. The number of rotatable bonds is 5. The molecule has 0 amide bonds. The summed E-state index contributed by atoms with van der Waals surface area (Å²) in [6.07, 6.45) is 0.247. The van der Waals surface area contributed by atoms with Crippen LogP contribution in [0.3, 0.4) is 0 Å². The number of halogens is 1. The molecule has 1 aromatic rings. The maximum absolute atomic E-state index is 13.0. The van der Waals surface area contributed by atoms with Crippen molar-refractivity contribution in [2.45, 2.75) is 26.3 Å². The van der Waals surface area contributed by atoms with Crippen molar-refractivity contribution in [2.75, 3.05) is 13.7 Å². The number of carbonyl (C=O) groups excluding carboxylic acids is 1. The molecule has 4 heteroatoms. The average Bonchev–Trinajstić information content (AvgIpc) is 2.27. The molecule has 0 aromatic heterocycles. The van der Waals surface area contributed by atoms with E-state index in [2.05, 4.69) is 5.32 Å². The Hall–Kier alpha value is -1.42. The molecule has 17 heavy (non-hydrogen) atoms. The van der Waals surface area contributed by atoms with Gasteiger partial charge in [0.15, 0.2) is 0 Å². The van der Waals surface area contributed by atoms with Crippen LogP contribution in [0, 0.1) is 12.7 Å². The fourth-order valence-electron chi connectivity index (χ4n) is 1.78. The number of ether oxygens (including phenoxy) is 1. The van der Waals surface area contributed by atoms with Crippen molar-refractivity contribution < 1.29 is 13.9 Å². The molecule has 0 fully saturated rings. The Labute approximate surface area is 101 Å². The van der Waals surface area contributed by atoms with E-state index in [0.717, 1.165) is 11.1 Å². The molecule has 1 aromatic carbocycles. The summed E-state index contributed by atoms with van der Waals surface area (Å²) in [4.78, 5) is 11.4. The van der Waals surface area contributed by atoms with Crippen LogP contribution in [0.2, 0.25) is 0 Å². The minimum Gasteiger partial charge on any atom is -0.466 e. The largest absolute Gasteiger partial charge is 0.466 e.